The van der Waals surface area contributed by atoms with Gasteiger partial charge in [0.25, 0.3) is 0 Å². The molecule has 21 heavy (non-hydrogen) atoms. The fourth-order valence-electron chi connectivity index (χ4n) is 5.35. The van der Waals surface area contributed by atoms with Crippen molar-refractivity contribution in [1.29, 1.82) is 0 Å². The zero-order valence-corrected chi connectivity index (χ0v) is 12.7. The van der Waals surface area contributed by atoms with E-state index in [0.29, 0.717) is 12.0 Å². The molecule has 1 aromatic carbocycles. The number of nitrogens with one attached hydrogen (secondary N) is 1. The Hall–Kier alpha value is -1.32. The molecule has 2 saturated heterocycles. The topological polar surface area (TPSA) is 28.3 Å². The third kappa shape index (κ3) is 1.37. The summed E-state index contributed by atoms with van der Waals surface area (Å²) in [5, 5.41) is 1.39. The van der Waals surface area contributed by atoms with E-state index in [4.69, 9.17) is 4.74 Å². The summed E-state index contributed by atoms with van der Waals surface area (Å²) in [6.07, 6.45) is 2.46. The average Bonchev–Trinajstić information content (AvgIpc) is 2.86. The highest BCUT2D eigenvalue weighted by atomic mass is 16.5. The summed E-state index contributed by atoms with van der Waals surface area (Å²) in [6.45, 7) is 4.40. The standard InChI is InChI=1S/C18H22N2O/c1-18-13-7-9-20(2)16(11(13)8-10-21-18)15-12-5-3-4-6-14(12)19-17(15)18/h3-6,11,13,16,19H,7-10H2,1-2H3/t11?,13-,16+,18-/m0/s1. The average molecular weight is 282 g/mol. The molecular weight excluding hydrogens is 260 g/mol. The number of hydrogen-bond donors (Lipinski definition) is 1. The van der Waals surface area contributed by atoms with Crippen LogP contribution in [-0.2, 0) is 10.3 Å². The first-order chi connectivity index (χ1) is 10.2. The van der Waals surface area contributed by atoms with Gasteiger partial charge in [-0.25, -0.2) is 0 Å². The van der Waals surface area contributed by atoms with Crippen LogP contribution in [0.15, 0.2) is 24.3 Å². The Morgan fingerprint density at radius 2 is 2.14 bits per heavy atom. The van der Waals surface area contributed by atoms with E-state index >= 15 is 0 Å². The molecule has 110 valence electrons. The van der Waals surface area contributed by atoms with E-state index in [9.17, 15) is 0 Å². The van der Waals surface area contributed by atoms with Crippen molar-refractivity contribution in [2.75, 3.05) is 20.2 Å². The molecule has 0 saturated carbocycles. The summed E-state index contributed by atoms with van der Waals surface area (Å²) in [6, 6.07) is 9.31. The first-order valence-electron chi connectivity index (χ1n) is 8.15. The summed E-state index contributed by atoms with van der Waals surface area (Å²) < 4.78 is 6.36. The zero-order chi connectivity index (χ0) is 14.2. The lowest BCUT2D eigenvalue weighted by molar-refractivity contribution is -0.182. The molecule has 0 amide bonds. The summed E-state index contributed by atoms with van der Waals surface area (Å²) in [5.74, 6) is 1.40. The number of rotatable bonds is 0. The van der Waals surface area contributed by atoms with Gasteiger partial charge in [0.15, 0.2) is 0 Å². The minimum atomic E-state index is -0.116. The van der Waals surface area contributed by atoms with Crippen LogP contribution in [0.3, 0.4) is 0 Å². The van der Waals surface area contributed by atoms with Crippen LogP contribution >= 0.6 is 0 Å². The van der Waals surface area contributed by atoms with Crippen molar-refractivity contribution in [2.24, 2.45) is 11.8 Å². The second-order valence-electron chi connectivity index (χ2n) is 7.19. The molecule has 3 heteroatoms. The fourth-order valence-corrected chi connectivity index (χ4v) is 5.35. The molecule has 2 aliphatic heterocycles. The molecule has 4 atom stereocenters. The predicted molar refractivity (Wildman–Crippen MR) is 83.2 cm³/mol. The first kappa shape index (κ1) is 12.2. The van der Waals surface area contributed by atoms with Gasteiger partial charge in [-0.1, -0.05) is 18.2 Å². The molecule has 4 bridgehead atoms. The molecule has 5 rings (SSSR count). The normalized spacial score (nSPS) is 38.5. The lowest BCUT2D eigenvalue weighted by Gasteiger charge is -2.57. The summed E-state index contributed by atoms with van der Waals surface area (Å²) in [5.41, 5.74) is 4.01. The lowest BCUT2D eigenvalue weighted by atomic mass is 9.60. The highest BCUT2D eigenvalue weighted by Crippen LogP contribution is 2.59. The van der Waals surface area contributed by atoms with Gasteiger partial charge < -0.3 is 9.72 Å². The predicted octanol–water partition coefficient (Wildman–Crippen LogP) is 3.43. The van der Waals surface area contributed by atoms with Crippen LogP contribution in [0.2, 0.25) is 0 Å². The van der Waals surface area contributed by atoms with E-state index in [-0.39, 0.29) is 5.60 Å². The van der Waals surface area contributed by atoms with E-state index in [0.717, 1.165) is 12.5 Å². The SMILES string of the molecule is CN1CC[C@H]2C3CCO[C@]2(C)c2[nH]c4ccccc4c2[C@@H]31. The molecule has 1 aromatic heterocycles. The Morgan fingerprint density at radius 3 is 3.05 bits per heavy atom. The molecule has 0 radical (unpaired) electrons. The van der Waals surface area contributed by atoms with Crippen molar-refractivity contribution >= 4 is 10.9 Å². The molecule has 3 nitrogen and oxygen atoms in total. The van der Waals surface area contributed by atoms with E-state index in [1.165, 1.54) is 41.5 Å². The van der Waals surface area contributed by atoms with Crippen LogP contribution in [0.4, 0.5) is 0 Å². The first-order valence-corrected chi connectivity index (χ1v) is 8.15. The number of hydrogen-bond acceptors (Lipinski definition) is 2. The maximum Gasteiger partial charge on any atom is 0.108 e. The van der Waals surface area contributed by atoms with Crippen LogP contribution in [0.25, 0.3) is 10.9 Å². The van der Waals surface area contributed by atoms with Crippen LogP contribution in [-0.4, -0.2) is 30.1 Å². The molecule has 0 spiro atoms. The maximum atomic E-state index is 6.36. The number of likely N-dealkylation sites (tertiary alicyclic amines) is 1. The minimum Gasteiger partial charge on any atom is -0.369 e. The largest absolute Gasteiger partial charge is 0.369 e. The van der Waals surface area contributed by atoms with Gasteiger partial charge in [-0.05, 0) is 51.3 Å². The van der Waals surface area contributed by atoms with E-state index in [1.807, 2.05) is 0 Å². The lowest BCUT2D eigenvalue weighted by Crippen LogP contribution is -2.57. The van der Waals surface area contributed by atoms with Gasteiger partial charge in [0.2, 0.25) is 0 Å². The second-order valence-corrected chi connectivity index (χ2v) is 7.19. The maximum absolute atomic E-state index is 6.36. The second kappa shape index (κ2) is 3.90. The Bertz CT molecular complexity index is 721. The van der Waals surface area contributed by atoms with Gasteiger partial charge in [-0.3, -0.25) is 4.90 Å². The Labute approximate surface area is 125 Å². The quantitative estimate of drug-likeness (QED) is 0.802. The number of ether oxygens (including phenoxy) is 1. The molecule has 2 aromatic rings. The van der Waals surface area contributed by atoms with Gasteiger partial charge in [-0.15, -0.1) is 0 Å². The van der Waals surface area contributed by atoms with Crippen molar-refractivity contribution in [2.45, 2.75) is 31.4 Å². The van der Waals surface area contributed by atoms with Crippen LogP contribution < -0.4 is 0 Å². The van der Waals surface area contributed by atoms with E-state index in [1.54, 1.807) is 0 Å². The number of aromatic nitrogens is 1. The van der Waals surface area contributed by atoms with Gasteiger partial charge in [0.1, 0.15) is 5.60 Å². The zero-order valence-electron chi connectivity index (χ0n) is 12.7. The van der Waals surface area contributed by atoms with E-state index < -0.39 is 0 Å². The van der Waals surface area contributed by atoms with Crippen LogP contribution in [0.5, 0.6) is 0 Å². The third-order valence-corrected chi connectivity index (χ3v) is 6.29. The summed E-state index contributed by atoms with van der Waals surface area (Å²) >= 11 is 0. The van der Waals surface area contributed by atoms with E-state index in [2.05, 4.69) is 48.1 Å². The molecule has 1 aliphatic carbocycles. The van der Waals surface area contributed by atoms with Crippen molar-refractivity contribution in [3.05, 3.63) is 35.5 Å². The van der Waals surface area contributed by atoms with Gasteiger partial charge in [-0.2, -0.15) is 0 Å². The number of piperidine rings is 1. The molecule has 3 aliphatic rings. The Kier molecular flexibility index (Phi) is 2.28. The molecule has 1 N–H and O–H groups in total. The van der Waals surface area contributed by atoms with Crippen molar-refractivity contribution in [3.8, 4) is 0 Å². The van der Waals surface area contributed by atoms with Gasteiger partial charge >= 0.3 is 0 Å². The van der Waals surface area contributed by atoms with Gasteiger partial charge in [0, 0.05) is 29.1 Å². The molecule has 3 heterocycles. The Morgan fingerprint density at radius 1 is 1.29 bits per heavy atom. The number of aromatic amines is 1. The Balaban J connectivity index is 1.87. The fraction of sp³-hybridized carbons (Fsp3) is 0.556. The highest BCUT2D eigenvalue weighted by molar-refractivity contribution is 5.86. The van der Waals surface area contributed by atoms with Crippen molar-refractivity contribution in [3.63, 3.8) is 0 Å². The molecule has 2 fully saturated rings. The molecular formula is C18H22N2O. The smallest absolute Gasteiger partial charge is 0.108 e. The summed E-state index contributed by atoms with van der Waals surface area (Å²) in [7, 11) is 2.30. The third-order valence-electron chi connectivity index (χ3n) is 6.29. The van der Waals surface area contributed by atoms with Crippen LogP contribution in [0.1, 0.15) is 37.1 Å². The number of fused-ring (bicyclic) bond motifs is 5. The van der Waals surface area contributed by atoms with Crippen molar-refractivity contribution in [1.82, 2.24) is 9.88 Å². The van der Waals surface area contributed by atoms with Crippen molar-refractivity contribution < 1.29 is 4.74 Å². The monoisotopic (exact) mass is 282 g/mol. The number of nitrogens with zero attached hydrogens (tertiary/aromatic N) is 1. The number of benzene rings is 1. The molecule has 1 unspecified atom stereocenters. The highest BCUT2D eigenvalue weighted by Gasteiger charge is 2.56. The number of H-pyrrole nitrogens is 1. The number of para-hydroxylation sites is 1. The van der Waals surface area contributed by atoms with Crippen LogP contribution in [0, 0.1) is 11.8 Å². The van der Waals surface area contributed by atoms with Gasteiger partial charge in [0.05, 0.1) is 5.69 Å². The minimum absolute atomic E-state index is 0.116. The summed E-state index contributed by atoms with van der Waals surface area (Å²) in [4.78, 5) is 6.28.